The van der Waals surface area contributed by atoms with Gasteiger partial charge < -0.3 is 9.64 Å². The van der Waals surface area contributed by atoms with Gasteiger partial charge in [-0.15, -0.1) is 0 Å². The summed E-state index contributed by atoms with van der Waals surface area (Å²) in [4.78, 5) is 19.5. The van der Waals surface area contributed by atoms with E-state index in [1.807, 2.05) is 38.8 Å². The number of aryl methyl sites for hydroxylation is 1. The predicted molar refractivity (Wildman–Crippen MR) is 99.1 cm³/mol. The van der Waals surface area contributed by atoms with Crippen LogP contribution in [-0.2, 0) is 22.0 Å². The summed E-state index contributed by atoms with van der Waals surface area (Å²) < 4.78 is 7.36. The quantitative estimate of drug-likeness (QED) is 0.678. The topological polar surface area (TPSA) is 60.3 Å². The van der Waals surface area contributed by atoms with Crippen LogP contribution in [0.15, 0.2) is 36.8 Å². The molecule has 0 N–H and O–H groups in total. The normalized spacial score (nSPS) is 18.7. The fourth-order valence-corrected chi connectivity index (χ4v) is 4.41. The first kappa shape index (κ1) is 15.5. The van der Waals surface area contributed by atoms with Crippen LogP contribution in [0.4, 0.5) is 5.69 Å². The van der Waals surface area contributed by atoms with Gasteiger partial charge in [-0.25, -0.2) is 0 Å². The van der Waals surface area contributed by atoms with E-state index in [-0.39, 0.29) is 5.91 Å². The van der Waals surface area contributed by atoms with Gasteiger partial charge in [0, 0.05) is 50.0 Å². The Kier molecular flexibility index (Phi) is 3.21. The second-order valence-corrected chi connectivity index (χ2v) is 7.21. The average Bonchev–Trinajstić information content (AvgIpc) is 3.19. The maximum atomic E-state index is 13.2. The molecule has 0 unspecified atom stereocenters. The molecule has 2 aliphatic heterocycles. The molecule has 0 bridgehead atoms. The van der Waals surface area contributed by atoms with Crippen molar-refractivity contribution in [1.82, 2.24) is 14.8 Å². The monoisotopic (exact) mass is 348 g/mol. The zero-order valence-corrected chi connectivity index (χ0v) is 14.9. The highest BCUT2D eigenvalue weighted by Crippen LogP contribution is 2.50. The van der Waals surface area contributed by atoms with E-state index in [0.717, 1.165) is 46.1 Å². The fraction of sp³-hybridized carbons (Fsp3) is 0.350. The molecule has 0 saturated carbocycles. The van der Waals surface area contributed by atoms with Gasteiger partial charge in [0.2, 0.25) is 5.91 Å². The number of pyridine rings is 1. The van der Waals surface area contributed by atoms with Gasteiger partial charge in [-0.05, 0) is 30.5 Å². The smallest absolute Gasteiger partial charge is 0.237 e. The van der Waals surface area contributed by atoms with E-state index in [4.69, 9.17) is 4.74 Å². The molecular weight excluding hydrogens is 328 g/mol. The number of benzene rings is 1. The van der Waals surface area contributed by atoms with Gasteiger partial charge >= 0.3 is 0 Å². The van der Waals surface area contributed by atoms with Crippen LogP contribution in [0.3, 0.4) is 0 Å². The molecule has 1 spiro atoms. The molecule has 4 heterocycles. The largest absolute Gasteiger partial charge is 0.381 e. The molecule has 132 valence electrons. The van der Waals surface area contributed by atoms with Crippen LogP contribution in [0.2, 0.25) is 0 Å². The number of amides is 1. The van der Waals surface area contributed by atoms with Crippen LogP contribution >= 0.6 is 0 Å². The SMILES string of the molecule is CN1C(=O)C2(CCOCC2)c2c1cnc1ccc(-c3cnn(C)c3)cc21. The van der Waals surface area contributed by atoms with Crippen LogP contribution in [0.25, 0.3) is 22.0 Å². The molecule has 26 heavy (non-hydrogen) atoms. The molecule has 1 fully saturated rings. The number of hydrogen-bond donors (Lipinski definition) is 0. The highest BCUT2D eigenvalue weighted by Gasteiger charge is 2.51. The van der Waals surface area contributed by atoms with Crippen molar-refractivity contribution < 1.29 is 9.53 Å². The Hall–Kier alpha value is -2.73. The summed E-state index contributed by atoms with van der Waals surface area (Å²) in [5, 5.41) is 5.33. The second kappa shape index (κ2) is 5.38. The maximum Gasteiger partial charge on any atom is 0.237 e. The molecule has 0 radical (unpaired) electrons. The summed E-state index contributed by atoms with van der Waals surface area (Å²) >= 11 is 0. The first-order valence-corrected chi connectivity index (χ1v) is 8.88. The average molecular weight is 348 g/mol. The van der Waals surface area contributed by atoms with Crippen LogP contribution in [0.5, 0.6) is 0 Å². The van der Waals surface area contributed by atoms with Crippen LogP contribution in [0.1, 0.15) is 18.4 Å². The molecule has 2 aliphatic rings. The van der Waals surface area contributed by atoms with E-state index in [9.17, 15) is 4.79 Å². The zero-order valence-electron chi connectivity index (χ0n) is 14.9. The molecule has 6 heteroatoms. The van der Waals surface area contributed by atoms with Crippen molar-refractivity contribution >= 4 is 22.5 Å². The molecule has 6 nitrogen and oxygen atoms in total. The lowest BCUT2D eigenvalue weighted by Gasteiger charge is -2.32. The number of anilines is 1. The van der Waals surface area contributed by atoms with Crippen molar-refractivity contribution in [2.24, 2.45) is 7.05 Å². The lowest BCUT2D eigenvalue weighted by atomic mass is 9.74. The molecular formula is C20H20N4O2. The van der Waals surface area contributed by atoms with Crippen molar-refractivity contribution in [2.45, 2.75) is 18.3 Å². The van der Waals surface area contributed by atoms with Crippen molar-refractivity contribution in [3.63, 3.8) is 0 Å². The Morgan fingerprint density at radius 1 is 1.12 bits per heavy atom. The lowest BCUT2D eigenvalue weighted by Crippen LogP contribution is -2.43. The van der Waals surface area contributed by atoms with Crippen LogP contribution in [-0.4, -0.2) is 40.9 Å². The zero-order chi connectivity index (χ0) is 17.9. The molecule has 1 saturated heterocycles. The molecule has 0 atom stereocenters. The van der Waals surface area contributed by atoms with Crippen molar-refractivity contribution in [3.05, 3.63) is 42.4 Å². The van der Waals surface area contributed by atoms with E-state index in [1.165, 1.54) is 0 Å². The third kappa shape index (κ3) is 1.99. The standard InChI is InChI=1S/C20H20N4O2/c1-23-12-14(10-22-23)13-3-4-16-15(9-13)18-17(11-21-16)24(2)19(25)20(18)5-7-26-8-6-20/h3-4,9-12H,5-8H2,1-2H3. The number of rotatable bonds is 1. The predicted octanol–water partition coefficient (Wildman–Crippen LogP) is 2.66. The second-order valence-electron chi connectivity index (χ2n) is 7.21. The van der Waals surface area contributed by atoms with Gasteiger partial charge in [-0.1, -0.05) is 6.07 Å². The molecule has 2 aromatic heterocycles. The summed E-state index contributed by atoms with van der Waals surface area (Å²) in [5.41, 5.74) is 4.62. The van der Waals surface area contributed by atoms with Gasteiger partial charge in [-0.3, -0.25) is 14.5 Å². The van der Waals surface area contributed by atoms with E-state index >= 15 is 0 Å². The molecule has 3 aromatic rings. The molecule has 0 aliphatic carbocycles. The number of fused-ring (bicyclic) bond motifs is 4. The van der Waals surface area contributed by atoms with Crippen LogP contribution in [0, 0.1) is 0 Å². The van der Waals surface area contributed by atoms with Crippen LogP contribution < -0.4 is 4.90 Å². The minimum atomic E-state index is -0.489. The van der Waals surface area contributed by atoms with Gasteiger partial charge in [0.15, 0.2) is 0 Å². The summed E-state index contributed by atoms with van der Waals surface area (Å²) in [6.45, 7) is 1.23. The molecule has 1 aromatic carbocycles. The first-order valence-electron chi connectivity index (χ1n) is 8.88. The van der Waals surface area contributed by atoms with E-state index in [0.29, 0.717) is 13.2 Å². The Labute approximate surface area is 151 Å². The number of hydrogen-bond acceptors (Lipinski definition) is 4. The number of carbonyl (C=O) groups is 1. The third-order valence-electron chi connectivity index (χ3n) is 5.79. The highest BCUT2D eigenvalue weighted by molar-refractivity contribution is 6.12. The molecule has 5 rings (SSSR count). The number of likely N-dealkylation sites (N-methyl/N-ethyl adjacent to an activating group) is 1. The van der Waals surface area contributed by atoms with E-state index < -0.39 is 5.41 Å². The van der Waals surface area contributed by atoms with Crippen molar-refractivity contribution in [2.75, 3.05) is 25.2 Å². The Morgan fingerprint density at radius 2 is 1.92 bits per heavy atom. The summed E-state index contributed by atoms with van der Waals surface area (Å²) in [6.07, 6.45) is 7.14. The minimum absolute atomic E-state index is 0.164. The van der Waals surface area contributed by atoms with Crippen molar-refractivity contribution in [3.8, 4) is 11.1 Å². The fourth-order valence-electron chi connectivity index (χ4n) is 4.41. The van der Waals surface area contributed by atoms with Gasteiger partial charge in [-0.2, -0.15) is 5.10 Å². The highest BCUT2D eigenvalue weighted by atomic mass is 16.5. The van der Waals surface area contributed by atoms with Crippen molar-refractivity contribution in [1.29, 1.82) is 0 Å². The Morgan fingerprint density at radius 3 is 2.65 bits per heavy atom. The maximum absolute atomic E-state index is 13.2. The number of nitrogens with zero attached hydrogens (tertiary/aromatic N) is 4. The summed E-state index contributed by atoms with van der Waals surface area (Å²) in [7, 11) is 3.76. The Balaban J connectivity index is 1.78. The van der Waals surface area contributed by atoms with Gasteiger partial charge in [0.25, 0.3) is 0 Å². The number of ether oxygens (including phenoxy) is 1. The minimum Gasteiger partial charge on any atom is -0.381 e. The number of carbonyl (C=O) groups excluding carboxylic acids is 1. The van der Waals surface area contributed by atoms with E-state index in [1.54, 1.807) is 9.58 Å². The number of aromatic nitrogens is 3. The summed E-state index contributed by atoms with van der Waals surface area (Å²) in [5.74, 6) is 0.164. The third-order valence-corrected chi connectivity index (χ3v) is 5.79. The summed E-state index contributed by atoms with van der Waals surface area (Å²) in [6, 6.07) is 6.26. The Bertz CT molecular complexity index is 1030. The lowest BCUT2D eigenvalue weighted by molar-refractivity contribution is -0.126. The van der Waals surface area contributed by atoms with Gasteiger partial charge in [0.05, 0.1) is 29.0 Å². The van der Waals surface area contributed by atoms with Gasteiger partial charge in [0.1, 0.15) is 0 Å². The molecule has 1 amide bonds. The first-order chi connectivity index (χ1) is 12.6. The van der Waals surface area contributed by atoms with E-state index in [2.05, 4.69) is 22.2 Å².